The molecule has 1 N–H and O–H groups in total. The lowest BCUT2D eigenvalue weighted by atomic mass is 10.2. The Morgan fingerprint density at radius 3 is 2.34 bits per heavy atom. The van der Waals surface area contributed by atoms with E-state index < -0.39 is 0 Å². The monoisotopic (exact) mass is 428 g/mol. The number of nitrogens with one attached hydrogen (secondary N) is 1. The molecule has 0 saturated heterocycles. The summed E-state index contributed by atoms with van der Waals surface area (Å²) in [6.07, 6.45) is 0. The lowest BCUT2D eigenvalue weighted by Gasteiger charge is -2.13. The van der Waals surface area contributed by atoms with Gasteiger partial charge in [-0.2, -0.15) is 4.98 Å². The molecular formula is C25H24N4O3. The van der Waals surface area contributed by atoms with Crippen molar-refractivity contribution in [1.82, 2.24) is 15.5 Å². The van der Waals surface area contributed by atoms with Crippen molar-refractivity contribution in [3.8, 4) is 28.6 Å². The Hall–Kier alpha value is -4.13. The van der Waals surface area contributed by atoms with Crippen molar-refractivity contribution in [2.45, 2.75) is 6.54 Å². The van der Waals surface area contributed by atoms with Crippen molar-refractivity contribution in [3.05, 3.63) is 84.4 Å². The van der Waals surface area contributed by atoms with Gasteiger partial charge in [-0.1, -0.05) is 47.6 Å². The van der Waals surface area contributed by atoms with E-state index in [1.165, 1.54) is 0 Å². The van der Waals surface area contributed by atoms with Gasteiger partial charge in [-0.3, -0.25) is 4.79 Å². The molecule has 0 radical (unpaired) electrons. The summed E-state index contributed by atoms with van der Waals surface area (Å²) in [5, 5.41) is 6.89. The molecular weight excluding hydrogens is 404 g/mol. The predicted octanol–water partition coefficient (Wildman–Crippen LogP) is 4.16. The molecule has 0 aliphatic carbocycles. The summed E-state index contributed by atoms with van der Waals surface area (Å²) in [4.78, 5) is 18.6. The Morgan fingerprint density at radius 2 is 1.66 bits per heavy atom. The molecule has 0 fully saturated rings. The van der Waals surface area contributed by atoms with Crippen LogP contribution >= 0.6 is 0 Å². The summed E-state index contributed by atoms with van der Waals surface area (Å²) in [5.41, 5.74) is 3.81. The Labute approximate surface area is 186 Å². The van der Waals surface area contributed by atoms with Gasteiger partial charge < -0.3 is 19.5 Å². The molecule has 0 bridgehead atoms. The van der Waals surface area contributed by atoms with Crippen LogP contribution in [0.25, 0.3) is 22.8 Å². The fourth-order valence-corrected chi connectivity index (χ4v) is 3.05. The number of benzene rings is 3. The first-order valence-corrected chi connectivity index (χ1v) is 10.2. The van der Waals surface area contributed by atoms with E-state index in [1.54, 1.807) is 12.1 Å². The third-order valence-electron chi connectivity index (χ3n) is 4.87. The summed E-state index contributed by atoms with van der Waals surface area (Å²) in [5.74, 6) is 1.36. The Morgan fingerprint density at radius 1 is 0.938 bits per heavy atom. The molecule has 3 aromatic carbocycles. The summed E-state index contributed by atoms with van der Waals surface area (Å²) in [6.45, 7) is 0.392. The number of nitrogens with zero attached hydrogens (tertiary/aromatic N) is 3. The van der Waals surface area contributed by atoms with Crippen LogP contribution in [-0.2, 0) is 11.3 Å². The highest BCUT2D eigenvalue weighted by Crippen LogP contribution is 2.24. The van der Waals surface area contributed by atoms with Crippen LogP contribution in [0, 0.1) is 0 Å². The first kappa shape index (κ1) is 21.1. The van der Waals surface area contributed by atoms with Crippen LogP contribution in [0.1, 0.15) is 5.56 Å². The molecule has 0 saturated carbocycles. The number of aromatic nitrogens is 2. The van der Waals surface area contributed by atoms with Crippen LogP contribution in [0.5, 0.6) is 5.75 Å². The van der Waals surface area contributed by atoms with Crippen molar-refractivity contribution >= 4 is 11.6 Å². The van der Waals surface area contributed by atoms with Gasteiger partial charge >= 0.3 is 0 Å². The van der Waals surface area contributed by atoms with E-state index in [0.717, 1.165) is 22.4 Å². The molecule has 1 amide bonds. The number of anilines is 1. The van der Waals surface area contributed by atoms with Gasteiger partial charge in [-0.25, -0.2) is 0 Å². The zero-order chi connectivity index (χ0) is 22.3. The largest absolute Gasteiger partial charge is 0.484 e. The Kier molecular flexibility index (Phi) is 6.46. The highest BCUT2D eigenvalue weighted by molar-refractivity contribution is 5.77. The molecule has 4 aromatic rings. The van der Waals surface area contributed by atoms with Crippen molar-refractivity contribution in [2.75, 3.05) is 25.6 Å². The van der Waals surface area contributed by atoms with Gasteiger partial charge in [0.25, 0.3) is 11.8 Å². The van der Waals surface area contributed by atoms with E-state index in [2.05, 4.69) is 15.5 Å². The second-order valence-electron chi connectivity index (χ2n) is 7.44. The first-order chi connectivity index (χ1) is 15.6. The van der Waals surface area contributed by atoms with E-state index in [0.29, 0.717) is 24.0 Å². The molecule has 1 heterocycles. The molecule has 7 nitrogen and oxygen atoms in total. The molecule has 0 aliphatic heterocycles. The maximum absolute atomic E-state index is 12.1. The molecule has 0 unspecified atom stereocenters. The lowest BCUT2D eigenvalue weighted by molar-refractivity contribution is -0.123. The number of rotatable bonds is 8. The highest BCUT2D eigenvalue weighted by atomic mass is 16.5. The minimum atomic E-state index is -0.185. The first-order valence-electron chi connectivity index (χ1n) is 10.2. The van der Waals surface area contributed by atoms with Crippen molar-refractivity contribution in [1.29, 1.82) is 0 Å². The summed E-state index contributed by atoms with van der Waals surface area (Å²) in [6, 6.07) is 24.9. The van der Waals surface area contributed by atoms with E-state index in [4.69, 9.17) is 9.26 Å². The maximum Gasteiger partial charge on any atom is 0.258 e. The molecule has 0 spiro atoms. The number of amides is 1. The molecule has 0 atom stereocenters. The third-order valence-corrected chi connectivity index (χ3v) is 4.87. The number of hydrogen-bond acceptors (Lipinski definition) is 6. The topological polar surface area (TPSA) is 80.5 Å². The van der Waals surface area contributed by atoms with Crippen molar-refractivity contribution in [2.24, 2.45) is 0 Å². The third kappa shape index (κ3) is 5.31. The standard InChI is InChI=1S/C25H24N4O3/c1-29(2)21-12-8-18(9-13-21)16-26-23(30)17-31-22-14-10-20(11-15-22)25-27-24(28-32-25)19-6-4-3-5-7-19/h3-15H,16-17H2,1-2H3,(H,26,30). The van der Waals surface area contributed by atoms with Gasteiger partial charge in [0.1, 0.15) is 5.75 Å². The fraction of sp³-hybridized carbons (Fsp3) is 0.160. The number of carbonyl (C=O) groups excluding carboxylic acids is 1. The van der Waals surface area contributed by atoms with Gasteiger partial charge in [-0.05, 0) is 42.0 Å². The second kappa shape index (κ2) is 9.78. The zero-order valence-electron chi connectivity index (χ0n) is 18.0. The van der Waals surface area contributed by atoms with Crippen LogP contribution in [0.2, 0.25) is 0 Å². The Bertz CT molecular complexity index is 1150. The maximum atomic E-state index is 12.1. The van der Waals surface area contributed by atoms with E-state index in [1.807, 2.05) is 85.7 Å². The van der Waals surface area contributed by atoms with Gasteiger partial charge in [0.15, 0.2) is 6.61 Å². The van der Waals surface area contributed by atoms with Crippen molar-refractivity contribution in [3.63, 3.8) is 0 Å². The van der Waals surface area contributed by atoms with Crippen LogP contribution in [0.4, 0.5) is 5.69 Å². The SMILES string of the molecule is CN(C)c1ccc(CNC(=O)COc2ccc(-c3nc(-c4ccccc4)no3)cc2)cc1. The van der Waals surface area contributed by atoms with Gasteiger partial charge in [-0.15, -0.1) is 0 Å². The average molecular weight is 428 g/mol. The molecule has 1 aromatic heterocycles. The second-order valence-corrected chi connectivity index (χ2v) is 7.44. The summed E-state index contributed by atoms with van der Waals surface area (Å²) in [7, 11) is 3.98. The van der Waals surface area contributed by atoms with E-state index >= 15 is 0 Å². The fourth-order valence-electron chi connectivity index (χ4n) is 3.05. The lowest BCUT2D eigenvalue weighted by Crippen LogP contribution is -2.28. The number of ether oxygens (including phenoxy) is 1. The minimum Gasteiger partial charge on any atom is -0.484 e. The van der Waals surface area contributed by atoms with E-state index in [9.17, 15) is 4.79 Å². The molecule has 0 aliphatic rings. The van der Waals surface area contributed by atoms with Crippen molar-refractivity contribution < 1.29 is 14.1 Å². The number of carbonyl (C=O) groups is 1. The van der Waals surface area contributed by atoms with E-state index in [-0.39, 0.29) is 12.5 Å². The quantitative estimate of drug-likeness (QED) is 0.454. The smallest absolute Gasteiger partial charge is 0.258 e. The van der Waals surface area contributed by atoms with Gasteiger partial charge in [0, 0.05) is 37.5 Å². The molecule has 4 rings (SSSR count). The minimum absolute atomic E-state index is 0.0617. The molecule has 32 heavy (non-hydrogen) atoms. The summed E-state index contributed by atoms with van der Waals surface area (Å²) >= 11 is 0. The molecule has 7 heteroatoms. The predicted molar refractivity (Wildman–Crippen MR) is 123 cm³/mol. The Balaban J connectivity index is 1.27. The molecule has 162 valence electrons. The highest BCUT2D eigenvalue weighted by Gasteiger charge is 2.11. The number of hydrogen-bond donors (Lipinski definition) is 1. The zero-order valence-corrected chi connectivity index (χ0v) is 18.0. The summed E-state index contributed by atoms with van der Waals surface area (Å²) < 4.78 is 11.0. The van der Waals surface area contributed by atoms with Gasteiger partial charge in [0.2, 0.25) is 5.82 Å². The van der Waals surface area contributed by atoms with Gasteiger partial charge in [0.05, 0.1) is 0 Å². The average Bonchev–Trinajstić information content (AvgIpc) is 3.33. The van der Waals surface area contributed by atoms with Crippen LogP contribution in [0.3, 0.4) is 0 Å². The van der Waals surface area contributed by atoms with Crippen LogP contribution in [0.15, 0.2) is 83.4 Å². The normalized spacial score (nSPS) is 10.6. The van der Waals surface area contributed by atoms with Crippen LogP contribution in [-0.4, -0.2) is 36.8 Å². The van der Waals surface area contributed by atoms with Crippen LogP contribution < -0.4 is 15.0 Å².